The molecule has 0 aromatic heterocycles. The van der Waals surface area contributed by atoms with Crippen LogP contribution in [-0.4, -0.2) is 62.9 Å². The standard InChI is InChI=1S/C22H34N4O2/c1-16-3-4-18(21(11-16)28-20-8-10-27-15-20)13-25-22(23-2)24-12-17-7-9-26(14-17)19-5-6-19/h3-4,11,17,19-20H,5-10,12-15H2,1-2H3,(H2,23,24,25). The minimum absolute atomic E-state index is 0.162. The molecule has 0 bridgehead atoms. The number of hydrogen-bond acceptors (Lipinski definition) is 4. The summed E-state index contributed by atoms with van der Waals surface area (Å²) >= 11 is 0. The highest BCUT2D eigenvalue weighted by molar-refractivity contribution is 5.79. The molecule has 1 aromatic rings. The second kappa shape index (κ2) is 9.14. The Bertz CT molecular complexity index is 683. The maximum atomic E-state index is 6.20. The minimum atomic E-state index is 0.162. The molecule has 2 N–H and O–H groups in total. The molecule has 3 fully saturated rings. The highest BCUT2D eigenvalue weighted by Gasteiger charge is 2.34. The summed E-state index contributed by atoms with van der Waals surface area (Å²) in [4.78, 5) is 7.06. The molecule has 0 spiro atoms. The zero-order valence-electron chi connectivity index (χ0n) is 17.2. The van der Waals surface area contributed by atoms with Gasteiger partial charge in [-0.05, 0) is 50.3 Å². The predicted octanol–water partition coefficient (Wildman–Crippen LogP) is 2.31. The Morgan fingerprint density at radius 2 is 2.14 bits per heavy atom. The van der Waals surface area contributed by atoms with Crippen molar-refractivity contribution in [3.05, 3.63) is 29.3 Å². The van der Waals surface area contributed by atoms with E-state index in [1.165, 1.54) is 37.9 Å². The van der Waals surface area contributed by atoms with Crippen LogP contribution in [0.1, 0.15) is 36.8 Å². The van der Waals surface area contributed by atoms with Gasteiger partial charge in [0.25, 0.3) is 0 Å². The van der Waals surface area contributed by atoms with E-state index in [0.717, 1.165) is 48.8 Å². The molecule has 154 valence electrons. The Morgan fingerprint density at radius 1 is 1.25 bits per heavy atom. The second-order valence-electron chi connectivity index (χ2n) is 8.40. The van der Waals surface area contributed by atoms with E-state index in [2.05, 4.69) is 45.6 Å². The van der Waals surface area contributed by atoms with Gasteiger partial charge in [-0.25, -0.2) is 0 Å². The number of nitrogens with one attached hydrogen (secondary N) is 2. The lowest BCUT2D eigenvalue weighted by Crippen LogP contribution is -2.40. The lowest BCUT2D eigenvalue weighted by Gasteiger charge is -2.19. The molecule has 1 aliphatic carbocycles. The maximum absolute atomic E-state index is 6.20. The number of hydrogen-bond donors (Lipinski definition) is 2. The highest BCUT2D eigenvalue weighted by atomic mass is 16.5. The van der Waals surface area contributed by atoms with Crippen LogP contribution in [0.5, 0.6) is 5.75 Å². The number of aliphatic imine (C=N–C) groups is 1. The van der Waals surface area contributed by atoms with Crippen LogP contribution in [0.3, 0.4) is 0 Å². The van der Waals surface area contributed by atoms with Crippen molar-refractivity contribution in [2.24, 2.45) is 10.9 Å². The minimum Gasteiger partial charge on any atom is -0.488 e. The van der Waals surface area contributed by atoms with E-state index in [1.807, 2.05) is 7.05 Å². The quantitative estimate of drug-likeness (QED) is 0.556. The number of guanidine groups is 1. The Labute approximate surface area is 168 Å². The molecule has 1 saturated carbocycles. The van der Waals surface area contributed by atoms with E-state index >= 15 is 0 Å². The summed E-state index contributed by atoms with van der Waals surface area (Å²) < 4.78 is 11.7. The highest BCUT2D eigenvalue weighted by Crippen LogP contribution is 2.31. The molecule has 2 saturated heterocycles. The van der Waals surface area contributed by atoms with Crippen molar-refractivity contribution in [1.82, 2.24) is 15.5 Å². The number of likely N-dealkylation sites (tertiary alicyclic amines) is 1. The predicted molar refractivity (Wildman–Crippen MR) is 112 cm³/mol. The van der Waals surface area contributed by atoms with Gasteiger partial charge in [-0.3, -0.25) is 4.99 Å². The molecule has 28 heavy (non-hydrogen) atoms. The summed E-state index contributed by atoms with van der Waals surface area (Å²) in [6.07, 6.45) is 5.22. The van der Waals surface area contributed by atoms with Crippen LogP contribution in [0.25, 0.3) is 0 Å². The van der Waals surface area contributed by atoms with E-state index in [1.54, 1.807) is 0 Å². The topological polar surface area (TPSA) is 58.1 Å². The van der Waals surface area contributed by atoms with E-state index in [-0.39, 0.29) is 6.10 Å². The lowest BCUT2D eigenvalue weighted by atomic mass is 10.1. The molecule has 6 nitrogen and oxygen atoms in total. The number of ether oxygens (including phenoxy) is 2. The third-order valence-corrected chi connectivity index (χ3v) is 6.01. The zero-order chi connectivity index (χ0) is 19.3. The van der Waals surface area contributed by atoms with Crippen LogP contribution in [0.2, 0.25) is 0 Å². The Hall–Kier alpha value is -1.79. The van der Waals surface area contributed by atoms with E-state index in [0.29, 0.717) is 13.2 Å². The van der Waals surface area contributed by atoms with Gasteiger partial charge in [-0.15, -0.1) is 0 Å². The van der Waals surface area contributed by atoms with Crippen molar-refractivity contribution >= 4 is 5.96 Å². The molecular formula is C22H34N4O2. The van der Waals surface area contributed by atoms with Crippen LogP contribution >= 0.6 is 0 Å². The van der Waals surface area contributed by atoms with Gasteiger partial charge in [0.2, 0.25) is 0 Å². The van der Waals surface area contributed by atoms with Crippen LogP contribution in [-0.2, 0) is 11.3 Å². The average molecular weight is 387 g/mol. The Morgan fingerprint density at radius 3 is 2.89 bits per heavy atom. The fourth-order valence-electron chi connectivity index (χ4n) is 4.14. The first-order chi connectivity index (χ1) is 13.7. The fraction of sp³-hybridized carbons (Fsp3) is 0.682. The molecular weight excluding hydrogens is 352 g/mol. The maximum Gasteiger partial charge on any atom is 0.191 e. The third kappa shape index (κ3) is 5.17. The number of rotatable bonds is 7. The van der Waals surface area contributed by atoms with Gasteiger partial charge in [0.05, 0.1) is 13.2 Å². The molecule has 4 rings (SSSR count). The lowest BCUT2D eigenvalue weighted by molar-refractivity contribution is 0.140. The van der Waals surface area contributed by atoms with Gasteiger partial charge in [0.15, 0.2) is 5.96 Å². The monoisotopic (exact) mass is 386 g/mol. The van der Waals surface area contributed by atoms with Gasteiger partial charge in [-0.1, -0.05) is 12.1 Å². The molecule has 0 amide bonds. The van der Waals surface area contributed by atoms with Crippen molar-refractivity contribution in [2.75, 3.05) is 39.9 Å². The third-order valence-electron chi connectivity index (χ3n) is 6.01. The molecule has 2 aliphatic heterocycles. The van der Waals surface area contributed by atoms with E-state index in [4.69, 9.17) is 9.47 Å². The molecule has 2 atom stereocenters. The normalized spacial score (nSPS) is 25.9. The van der Waals surface area contributed by atoms with Gasteiger partial charge < -0.3 is 25.0 Å². The summed E-state index contributed by atoms with van der Waals surface area (Å²) in [5, 5.41) is 6.97. The summed E-state index contributed by atoms with van der Waals surface area (Å²) in [6.45, 7) is 7.75. The van der Waals surface area contributed by atoms with E-state index < -0.39 is 0 Å². The van der Waals surface area contributed by atoms with Crippen molar-refractivity contribution in [3.8, 4) is 5.75 Å². The molecule has 3 aliphatic rings. The van der Waals surface area contributed by atoms with E-state index in [9.17, 15) is 0 Å². The molecule has 2 heterocycles. The fourth-order valence-corrected chi connectivity index (χ4v) is 4.14. The number of benzene rings is 1. The number of aryl methyl sites for hydroxylation is 1. The first kappa shape index (κ1) is 19.5. The van der Waals surface area contributed by atoms with Gasteiger partial charge in [-0.2, -0.15) is 0 Å². The molecule has 1 aromatic carbocycles. The van der Waals surface area contributed by atoms with Gasteiger partial charge >= 0.3 is 0 Å². The van der Waals surface area contributed by atoms with Gasteiger partial charge in [0.1, 0.15) is 11.9 Å². The van der Waals surface area contributed by atoms with Crippen LogP contribution < -0.4 is 15.4 Å². The Balaban J connectivity index is 1.27. The van der Waals surface area contributed by atoms with Crippen LogP contribution in [0.15, 0.2) is 23.2 Å². The SMILES string of the molecule is CN=C(NCc1ccc(C)cc1OC1CCOC1)NCC1CCN(C2CC2)C1. The van der Waals surface area contributed by atoms with Crippen molar-refractivity contribution in [3.63, 3.8) is 0 Å². The average Bonchev–Trinajstić information content (AvgIpc) is 3.21. The molecule has 2 unspecified atom stereocenters. The number of nitrogens with zero attached hydrogens (tertiary/aromatic N) is 2. The summed E-state index contributed by atoms with van der Waals surface area (Å²) in [5.74, 6) is 2.54. The van der Waals surface area contributed by atoms with Gasteiger partial charge in [0, 0.05) is 44.7 Å². The zero-order valence-corrected chi connectivity index (χ0v) is 17.2. The summed E-state index contributed by atoms with van der Waals surface area (Å²) in [6, 6.07) is 7.28. The van der Waals surface area contributed by atoms with Crippen molar-refractivity contribution < 1.29 is 9.47 Å². The Kier molecular flexibility index (Phi) is 6.37. The molecule has 6 heteroatoms. The van der Waals surface area contributed by atoms with Crippen LogP contribution in [0, 0.1) is 12.8 Å². The second-order valence-corrected chi connectivity index (χ2v) is 8.40. The first-order valence-corrected chi connectivity index (χ1v) is 10.7. The summed E-state index contributed by atoms with van der Waals surface area (Å²) in [5.41, 5.74) is 2.36. The molecule has 0 radical (unpaired) electrons. The van der Waals surface area contributed by atoms with Crippen LogP contribution in [0.4, 0.5) is 0 Å². The van der Waals surface area contributed by atoms with Crippen molar-refractivity contribution in [2.45, 2.75) is 51.3 Å². The smallest absolute Gasteiger partial charge is 0.191 e. The largest absolute Gasteiger partial charge is 0.488 e. The van der Waals surface area contributed by atoms with Crippen molar-refractivity contribution in [1.29, 1.82) is 0 Å². The first-order valence-electron chi connectivity index (χ1n) is 10.7. The summed E-state index contributed by atoms with van der Waals surface area (Å²) in [7, 11) is 1.84.